The molecule has 0 aliphatic rings. The lowest BCUT2D eigenvalue weighted by atomic mass is 10.2. The molecule has 0 spiro atoms. The molecule has 2 rings (SSSR count). The number of hydrogen-bond donors (Lipinski definition) is 1. The van der Waals surface area contributed by atoms with Crippen molar-refractivity contribution in [3.05, 3.63) is 24.0 Å². The Kier molecular flexibility index (Phi) is 2.15. The second-order valence-electron chi connectivity index (χ2n) is 3.46. The summed E-state index contributed by atoms with van der Waals surface area (Å²) in [6, 6.07) is 4.38. The molecule has 2 aromatic rings. The first-order valence-corrected chi connectivity index (χ1v) is 4.48. The second-order valence-corrected chi connectivity index (χ2v) is 3.46. The van der Waals surface area contributed by atoms with Crippen molar-refractivity contribution >= 4 is 22.7 Å². The highest BCUT2D eigenvalue weighted by molar-refractivity contribution is 5.90. The van der Waals surface area contributed by atoms with Gasteiger partial charge in [0.1, 0.15) is 11.6 Å². The molecule has 0 radical (unpaired) electrons. The Labute approximate surface area is 86.5 Å². The molecule has 4 nitrogen and oxygen atoms in total. The van der Waals surface area contributed by atoms with Gasteiger partial charge >= 0.3 is 0 Å². The molecule has 0 atom stereocenters. The molecule has 5 heteroatoms. The highest BCUT2D eigenvalue weighted by Gasteiger charge is 2.08. The molecule has 0 saturated carbocycles. The van der Waals surface area contributed by atoms with Crippen LogP contribution >= 0.6 is 0 Å². The predicted molar refractivity (Wildman–Crippen MR) is 58.2 cm³/mol. The van der Waals surface area contributed by atoms with Gasteiger partial charge in [-0.15, -0.1) is 0 Å². The van der Waals surface area contributed by atoms with E-state index in [9.17, 15) is 4.39 Å². The minimum absolute atomic E-state index is 0.150. The number of rotatable bonds is 1. The van der Waals surface area contributed by atoms with E-state index < -0.39 is 0 Å². The molecular weight excluding hydrogens is 195 g/mol. The van der Waals surface area contributed by atoms with Crippen molar-refractivity contribution in [3.8, 4) is 0 Å². The third-order valence-corrected chi connectivity index (χ3v) is 2.08. The number of fused-ring (bicyclic) bond motifs is 1. The lowest BCUT2D eigenvalue weighted by molar-refractivity contribution is 0.629. The highest BCUT2D eigenvalue weighted by atomic mass is 19.1. The summed E-state index contributed by atoms with van der Waals surface area (Å²) >= 11 is 0. The topological polar surface area (TPSA) is 55.0 Å². The van der Waals surface area contributed by atoms with Gasteiger partial charge in [0.15, 0.2) is 0 Å². The summed E-state index contributed by atoms with van der Waals surface area (Å²) in [5, 5.41) is 0.788. The lowest BCUT2D eigenvalue weighted by Gasteiger charge is -2.14. The molecule has 0 fully saturated rings. The molecule has 78 valence electrons. The Morgan fingerprint density at radius 3 is 2.67 bits per heavy atom. The first kappa shape index (κ1) is 9.64. The SMILES string of the molecule is CN(C)c1nc(N)nc2cc(F)ccc12. The van der Waals surface area contributed by atoms with Crippen LogP contribution in [0.2, 0.25) is 0 Å². The summed E-state index contributed by atoms with van der Waals surface area (Å²) in [7, 11) is 3.70. The summed E-state index contributed by atoms with van der Waals surface area (Å²) < 4.78 is 13.0. The predicted octanol–water partition coefficient (Wildman–Crippen LogP) is 1.42. The number of hydrogen-bond acceptors (Lipinski definition) is 4. The summed E-state index contributed by atoms with van der Waals surface area (Å²) in [6.45, 7) is 0. The molecule has 0 aliphatic heterocycles. The number of aromatic nitrogens is 2. The number of nitrogen functional groups attached to an aromatic ring is 1. The van der Waals surface area contributed by atoms with Crippen molar-refractivity contribution in [1.29, 1.82) is 0 Å². The Morgan fingerprint density at radius 2 is 2.00 bits per heavy atom. The summed E-state index contributed by atoms with van der Waals surface area (Å²) in [6.07, 6.45) is 0. The van der Waals surface area contributed by atoms with Gasteiger partial charge in [-0.3, -0.25) is 0 Å². The first-order valence-electron chi connectivity index (χ1n) is 4.48. The largest absolute Gasteiger partial charge is 0.368 e. The van der Waals surface area contributed by atoms with Gasteiger partial charge < -0.3 is 10.6 Å². The first-order chi connectivity index (χ1) is 7.08. The maximum atomic E-state index is 13.0. The van der Waals surface area contributed by atoms with Crippen LogP contribution in [0.5, 0.6) is 0 Å². The van der Waals surface area contributed by atoms with Gasteiger partial charge in [-0.25, -0.2) is 9.37 Å². The van der Waals surface area contributed by atoms with E-state index in [4.69, 9.17) is 5.73 Å². The van der Waals surface area contributed by atoms with Crippen LogP contribution in [0.1, 0.15) is 0 Å². The zero-order chi connectivity index (χ0) is 11.0. The van der Waals surface area contributed by atoms with Gasteiger partial charge in [0.2, 0.25) is 5.95 Å². The zero-order valence-electron chi connectivity index (χ0n) is 8.53. The Hall–Kier alpha value is -1.91. The van der Waals surface area contributed by atoms with Crippen LogP contribution in [0.3, 0.4) is 0 Å². The van der Waals surface area contributed by atoms with Crippen LogP contribution in [0.15, 0.2) is 18.2 Å². The molecule has 1 aromatic heterocycles. The molecule has 0 amide bonds. The van der Waals surface area contributed by atoms with Crippen LogP contribution in [-0.4, -0.2) is 24.1 Å². The van der Waals surface area contributed by atoms with E-state index in [0.29, 0.717) is 11.3 Å². The molecule has 2 N–H and O–H groups in total. The summed E-state index contributed by atoms with van der Waals surface area (Å²) in [4.78, 5) is 9.90. The average Bonchev–Trinajstić information content (AvgIpc) is 2.15. The van der Waals surface area contributed by atoms with E-state index in [-0.39, 0.29) is 11.8 Å². The average molecular weight is 206 g/mol. The minimum Gasteiger partial charge on any atom is -0.368 e. The maximum absolute atomic E-state index is 13.0. The van der Waals surface area contributed by atoms with Gasteiger partial charge in [0.25, 0.3) is 0 Å². The molecule has 0 saturated heterocycles. The van der Waals surface area contributed by atoms with Gasteiger partial charge in [-0.1, -0.05) is 0 Å². The molecule has 1 heterocycles. The summed E-state index contributed by atoms with van der Waals surface area (Å²) in [5.41, 5.74) is 6.06. The van der Waals surface area contributed by atoms with E-state index in [2.05, 4.69) is 9.97 Å². The van der Waals surface area contributed by atoms with Crippen molar-refractivity contribution in [1.82, 2.24) is 9.97 Å². The second kappa shape index (κ2) is 3.34. The maximum Gasteiger partial charge on any atom is 0.222 e. The molecule has 1 aromatic carbocycles. The normalized spacial score (nSPS) is 10.6. The van der Waals surface area contributed by atoms with Crippen LogP contribution < -0.4 is 10.6 Å². The summed E-state index contributed by atoms with van der Waals surface area (Å²) in [5.74, 6) is 0.514. The van der Waals surface area contributed by atoms with E-state index in [1.807, 2.05) is 19.0 Å². The van der Waals surface area contributed by atoms with Crippen LogP contribution in [-0.2, 0) is 0 Å². The Bertz CT molecular complexity index is 505. The van der Waals surface area contributed by atoms with E-state index in [1.54, 1.807) is 6.07 Å². The smallest absolute Gasteiger partial charge is 0.222 e. The van der Waals surface area contributed by atoms with E-state index in [0.717, 1.165) is 5.39 Å². The molecule has 0 aliphatic carbocycles. The number of benzene rings is 1. The highest BCUT2D eigenvalue weighted by Crippen LogP contribution is 2.23. The molecule has 0 bridgehead atoms. The van der Waals surface area contributed by atoms with Crippen molar-refractivity contribution < 1.29 is 4.39 Å². The zero-order valence-corrected chi connectivity index (χ0v) is 8.53. The van der Waals surface area contributed by atoms with Crippen LogP contribution in [0.4, 0.5) is 16.2 Å². The van der Waals surface area contributed by atoms with Crippen LogP contribution in [0, 0.1) is 5.82 Å². The fraction of sp³-hybridized carbons (Fsp3) is 0.200. The van der Waals surface area contributed by atoms with Crippen molar-refractivity contribution in [2.45, 2.75) is 0 Å². The van der Waals surface area contributed by atoms with Gasteiger partial charge in [-0.05, 0) is 12.1 Å². The quantitative estimate of drug-likeness (QED) is 0.766. The fourth-order valence-corrected chi connectivity index (χ4v) is 1.44. The van der Waals surface area contributed by atoms with Gasteiger partial charge in [0.05, 0.1) is 5.52 Å². The number of anilines is 2. The fourth-order valence-electron chi connectivity index (χ4n) is 1.44. The minimum atomic E-state index is -0.328. The molecule has 0 unspecified atom stereocenters. The molecular formula is C10H11FN4. The third kappa shape index (κ3) is 1.68. The number of nitrogens with zero attached hydrogens (tertiary/aromatic N) is 3. The van der Waals surface area contributed by atoms with E-state index >= 15 is 0 Å². The van der Waals surface area contributed by atoms with Crippen molar-refractivity contribution in [2.75, 3.05) is 24.7 Å². The Morgan fingerprint density at radius 1 is 1.27 bits per heavy atom. The standard InChI is InChI=1S/C10H11FN4/c1-15(2)9-7-4-3-6(11)5-8(7)13-10(12)14-9/h3-5H,1-2H3,(H2,12,13,14). The third-order valence-electron chi connectivity index (χ3n) is 2.08. The van der Waals surface area contributed by atoms with Crippen LogP contribution in [0.25, 0.3) is 10.9 Å². The Balaban J connectivity index is 2.80. The van der Waals surface area contributed by atoms with Crippen molar-refractivity contribution in [3.63, 3.8) is 0 Å². The van der Waals surface area contributed by atoms with E-state index in [1.165, 1.54) is 12.1 Å². The monoisotopic (exact) mass is 206 g/mol. The van der Waals surface area contributed by atoms with Gasteiger partial charge in [0, 0.05) is 25.5 Å². The number of nitrogens with two attached hydrogens (primary N) is 1. The van der Waals surface area contributed by atoms with Gasteiger partial charge in [-0.2, -0.15) is 4.98 Å². The molecule has 15 heavy (non-hydrogen) atoms. The lowest BCUT2D eigenvalue weighted by Crippen LogP contribution is -2.13. The number of halogens is 1. The van der Waals surface area contributed by atoms with Crippen molar-refractivity contribution in [2.24, 2.45) is 0 Å².